The SMILES string of the molecule is CS(=O)(=O)CC1CCCN(Cc2ccc3c(c2)OCCO3)C1. The van der Waals surface area contributed by atoms with Gasteiger partial charge in [-0.3, -0.25) is 4.90 Å². The van der Waals surface area contributed by atoms with Crippen molar-refractivity contribution in [1.29, 1.82) is 0 Å². The Labute approximate surface area is 132 Å². The Morgan fingerprint density at radius 1 is 1.23 bits per heavy atom. The molecule has 0 amide bonds. The van der Waals surface area contributed by atoms with E-state index in [1.54, 1.807) is 0 Å². The quantitative estimate of drug-likeness (QED) is 0.843. The van der Waals surface area contributed by atoms with Crippen molar-refractivity contribution in [3.05, 3.63) is 23.8 Å². The fourth-order valence-corrected chi connectivity index (χ4v) is 4.43. The van der Waals surface area contributed by atoms with Gasteiger partial charge in [0, 0.05) is 19.3 Å². The summed E-state index contributed by atoms with van der Waals surface area (Å²) in [5, 5.41) is 0. The maximum Gasteiger partial charge on any atom is 0.161 e. The molecular weight excluding hydrogens is 302 g/mol. The first kappa shape index (κ1) is 15.6. The topological polar surface area (TPSA) is 55.8 Å². The number of hydrogen-bond acceptors (Lipinski definition) is 5. The third kappa shape index (κ3) is 4.14. The molecule has 22 heavy (non-hydrogen) atoms. The number of piperidine rings is 1. The lowest BCUT2D eigenvalue weighted by Crippen LogP contribution is -2.37. The van der Waals surface area contributed by atoms with Crippen molar-refractivity contribution >= 4 is 9.84 Å². The number of hydrogen-bond donors (Lipinski definition) is 0. The van der Waals surface area contributed by atoms with Crippen LogP contribution in [0.1, 0.15) is 18.4 Å². The highest BCUT2D eigenvalue weighted by Crippen LogP contribution is 2.31. The fourth-order valence-electron chi connectivity index (χ4n) is 3.30. The molecule has 0 saturated carbocycles. The Kier molecular flexibility index (Phi) is 4.59. The predicted octanol–water partition coefficient (Wildman–Crippen LogP) is 1.71. The van der Waals surface area contributed by atoms with E-state index >= 15 is 0 Å². The third-order valence-electron chi connectivity index (χ3n) is 4.15. The van der Waals surface area contributed by atoms with E-state index in [0.717, 1.165) is 44.0 Å². The van der Waals surface area contributed by atoms with Crippen molar-refractivity contribution in [2.24, 2.45) is 5.92 Å². The molecule has 1 atom stereocenters. The van der Waals surface area contributed by atoms with Crippen LogP contribution < -0.4 is 9.47 Å². The van der Waals surface area contributed by atoms with Gasteiger partial charge in [0.15, 0.2) is 11.5 Å². The number of nitrogens with zero attached hydrogens (tertiary/aromatic N) is 1. The molecule has 1 fully saturated rings. The molecule has 1 saturated heterocycles. The van der Waals surface area contributed by atoms with Crippen LogP contribution in [-0.4, -0.2) is 51.6 Å². The van der Waals surface area contributed by atoms with Gasteiger partial charge in [-0.1, -0.05) is 6.07 Å². The van der Waals surface area contributed by atoms with E-state index in [-0.39, 0.29) is 5.92 Å². The fraction of sp³-hybridized carbons (Fsp3) is 0.625. The van der Waals surface area contributed by atoms with Crippen LogP contribution >= 0.6 is 0 Å². The van der Waals surface area contributed by atoms with Crippen molar-refractivity contribution < 1.29 is 17.9 Å². The lowest BCUT2D eigenvalue weighted by Gasteiger charge is -2.32. The van der Waals surface area contributed by atoms with E-state index < -0.39 is 9.84 Å². The lowest BCUT2D eigenvalue weighted by molar-refractivity contribution is 0.168. The number of likely N-dealkylation sites (tertiary alicyclic amines) is 1. The molecule has 2 heterocycles. The minimum absolute atomic E-state index is 0.251. The zero-order chi connectivity index (χ0) is 15.6. The zero-order valence-corrected chi connectivity index (χ0v) is 13.8. The van der Waals surface area contributed by atoms with Crippen LogP contribution in [0.25, 0.3) is 0 Å². The first-order valence-electron chi connectivity index (χ1n) is 7.78. The average molecular weight is 325 g/mol. The summed E-state index contributed by atoms with van der Waals surface area (Å²) in [5.41, 5.74) is 1.18. The number of fused-ring (bicyclic) bond motifs is 1. The van der Waals surface area contributed by atoms with Crippen LogP contribution in [-0.2, 0) is 16.4 Å². The summed E-state index contributed by atoms with van der Waals surface area (Å²) in [6, 6.07) is 6.06. The zero-order valence-electron chi connectivity index (χ0n) is 13.0. The standard InChI is InChI=1S/C16H23NO4S/c1-22(18,19)12-14-3-2-6-17(11-14)10-13-4-5-15-16(9-13)21-8-7-20-15/h4-5,9,14H,2-3,6-8,10-12H2,1H3. The van der Waals surface area contributed by atoms with E-state index in [9.17, 15) is 8.42 Å². The smallest absolute Gasteiger partial charge is 0.161 e. The molecule has 0 aromatic heterocycles. The first-order chi connectivity index (χ1) is 10.5. The number of ether oxygens (including phenoxy) is 2. The number of benzene rings is 1. The molecule has 3 rings (SSSR count). The molecule has 0 radical (unpaired) electrons. The molecule has 2 aliphatic rings. The van der Waals surface area contributed by atoms with Gasteiger partial charge >= 0.3 is 0 Å². The van der Waals surface area contributed by atoms with E-state index in [0.29, 0.717) is 19.0 Å². The summed E-state index contributed by atoms with van der Waals surface area (Å²) in [4.78, 5) is 2.34. The van der Waals surface area contributed by atoms with Crippen molar-refractivity contribution in [2.45, 2.75) is 19.4 Å². The molecule has 1 aromatic rings. The number of rotatable bonds is 4. The van der Waals surface area contributed by atoms with E-state index in [4.69, 9.17) is 9.47 Å². The second kappa shape index (κ2) is 6.46. The van der Waals surface area contributed by atoms with E-state index in [2.05, 4.69) is 11.0 Å². The van der Waals surface area contributed by atoms with Crippen LogP contribution in [0, 0.1) is 5.92 Å². The van der Waals surface area contributed by atoms with Crippen LogP contribution in [0.5, 0.6) is 11.5 Å². The Balaban J connectivity index is 1.63. The average Bonchev–Trinajstić information content (AvgIpc) is 2.46. The Morgan fingerprint density at radius 3 is 2.77 bits per heavy atom. The largest absolute Gasteiger partial charge is 0.486 e. The maximum atomic E-state index is 11.5. The molecule has 0 spiro atoms. The van der Waals surface area contributed by atoms with Gasteiger partial charge in [0.05, 0.1) is 5.75 Å². The molecule has 6 heteroatoms. The normalized spacial score (nSPS) is 22.5. The second-order valence-electron chi connectivity index (χ2n) is 6.31. The Hall–Kier alpha value is -1.27. The molecule has 0 N–H and O–H groups in total. The van der Waals surface area contributed by atoms with Crippen LogP contribution in [0.2, 0.25) is 0 Å². The molecule has 2 aliphatic heterocycles. The van der Waals surface area contributed by atoms with Crippen molar-refractivity contribution in [2.75, 3.05) is 38.3 Å². The van der Waals surface area contributed by atoms with Gasteiger partial charge in [0.1, 0.15) is 23.1 Å². The third-order valence-corrected chi connectivity index (χ3v) is 5.23. The van der Waals surface area contributed by atoms with Gasteiger partial charge in [0.2, 0.25) is 0 Å². The van der Waals surface area contributed by atoms with Crippen LogP contribution in [0.4, 0.5) is 0 Å². The lowest BCUT2D eigenvalue weighted by atomic mass is 9.99. The minimum atomic E-state index is -2.90. The van der Waals surface area contributed by atoms with Crippen LogP contribution in [0.3, 0.4) is 0 Å². The Morgan fingerprint density at radius 2 is 2.00 bits per heavy atom. The Bertz CT molecular complexity index is 629. The van der Waals surface area contributed by atoms with E-state index in [1.165, 1.54) is 11.8 Å². The molecule has 122 valence electrons. The number of sulfone groups is 1. The summed E-state index contributed by atoms with van der Waals surface area (Å²) in [6.07, 6.45) is 3.39. The highest BCUT2D eigenvalue weighted by molar-refractivity contribution is 7.90. The van der Waals surface area contributed by atoms with Crippen molar-refractivity contribution in [1.82, 2.24) is 4.90 Å². The van der Waals surface area contributed by atoms with Gasteiger partial charge in [-0.25, -0.2) is 8.42 Å². The summed E-state index contributed by atoms with van der Waals surface area (Å²) in [6.45, 7) is 3.90. The van der Waals surface area contributed by atoms with Gasteiger partial charge in [-0.2, -0.15) is 0 Å². The first-order valence-corrected chi connectivity index (χ1v) is 9.84. The van der Waals surface area contributed by atoms with Gasteiger partial charge in [0.25, 0.3) is 0 Å². The summed E-state index contributed by atoms with van der Waals surface area (Å²) in [5.74, 6) is 2.17. The van der Waals surface area contributed by atoms with Crippen molar-refractivity contribution in [3.8, 4) is 11.5 Å². The van der Waals surface area contributed by atoms with E-state index in [1.807, 2.05) is 12.1 Å². The van der Waals surface area contributed by atoms with Crippen molar-refractivity contribution in [3.63, 3.8) is 0 Å². The van der Waals surface area contributed by atoms with Gasteiger partial charge in [-0.15, -0.1) is 0 Å². The molecule has 0 bridgehead atoms. The highest BCUT2D eigenvalue weighted by Gasteiger charge is 2.23. The van der Waals surface area contributed by atoms with Gasteiger partial charge in [-0.05, 0) is 43.0 Å². The maximum absolute atomic E-state index is 11.5. The minimum Gasteiger partial charge on any atom is -0.486 e. The molecule has 1 unspecified atom stereocenters. The molecule has 0 aliphatic carbocycles. The second-order valence-corrected chi connectivity index (χ2v) is 8.50. The molecular formula is C16H23NO4S. The summed E-state index contributed by atoms with van der Waals surface area (Å²) >= 11 is 0. The summed E-state index contributed by atoms with van der Waals surface area (Å²) < 4.78 is 34.1. The predicted molar refractivity (Wildman–Crippen MR) is 85.1 cm³/mol. The monoisotopic (exact) mass is 325 g/mol. The van der Waals surface area contributed by atoms with Crippen LogP contribution in [0.15, 0.2) is 18.2 Å². The summed E-state index contributed by atoms with van der Waals surface area (Å²) in [7, 11) is -2.90. The molecule has 5 nitrogen and oxygen atoms in total. The van der Waals surface area contributed by atoms with Gasteiger partial charge < -0.3 is 9.47 Å². The molecule has 1 aromatic carbocycles. The highest BCUT2D eigenvalue weighted by atomic mass is 32.2.